The fourth-order valence-electron chi connectivity index (χ4n) is 1.90. The summed E-state index contributed by atoms with van der Waals surface area (Å²) in [5.74, 6) is 2.00. The zero-order valence-corrected chi connectivity index (χ0v) is 13.7. The van der Waals surface area contributed by atoms with Gasteiger partial charge in [-0.25, -0.2) is 0 Å². The third-order valence-corrected chi connectivity index (χ3v) is 2.91. The molecular formula is C16H27N3O3. The van der Waals surface area contributed by atoms with Gasteiger partial charge in [0.15, 0.2) is 17.5 Å². The SMILES string of the molecule is CCOc1ccc(CCNC(N)=NCCOC)cc1OCC. The number of ether oxygens (including phenoxy) is 3. The molecule has 0 aliphatic carbocycles. The number of nitrogens with zero attached hydrogens (tertiary/aromatic N) is 1. The van der Waals surface area contributed by atoms with Gasteiger partial charge in [0.25, 0.3) is 0 Å². The maximum absolute atomic E-state index is 5.76. The molecule has 0 saturated carbocycles. The molecule has 0 amide bonds. The maximum atomic E-state index is 5.76. The Kier molecular flexibility index (Phi) is 8.83. The summed E-state index contributed by atoms with van der Waals surface area (Å²) in [6.45, 7) is 6.99. The van der Waals surface area contributed by atoms with Gasteiger partial charge in [-0.3, -0.25) is 4.99 Å². The van der Waals surface area contributed by atoms with E-state index in [9.17, 15) is 0 Å². The molecule has 1 aromatic rings. The molecule has 0 radical (unpaired) electrons. The van der Waals surface area contributed by atoms with Gasteiger partial charge < -0.3 is 25.3 Å². The number of guanidine groups is 1. The number of nitrogens with two attached hydrogens (primary N) is 1. The fourth-order valence-corrected chi connectivity index (χ4v) is 1.90. The molecule has 0 atom stereocenters. The molecule has 0 aliphatic heterocycles. The van der Waals surface area contributed by atoms with Crippen molar-refractivity contribution in [3.63, 3.8) is 0 Å². The average molecular weight is 309 g/mol. The van der Waals surface area contributed by atoms with Gasteiger partial charge in [0.1, 0.15) is 0 Å². The van der Waals surface area contributed by atoms with Crippen molar-refractivity contribution in [1.29, 1.82) is 0 Å². The molecule has 0 bridgehead atoms. The van der Waals surface area contributed by atoms with Gasteiger partial charge in [-0.15, -0.1) is 0 Å². The van der Waals surface area contributed by atoms with Crippen LogP contribution in [0.1, 0.15) is 19.4 Å². The van der Waals surface area contributed by atoms with Crippen molar-refractivity contribution in [2.75, 3.05) is 40.0 Å². The van der Waals surface area contributed by atoms with Crippen LogP contribution in [-0.2, 0) is 11.2 Å². The average Bonchev–Trinajstić information content (AvgIpc) is 2.50. The van der Waals surface area contributed by atoms with Gasteiger partial charge in [0.2, 0.25) is 0 Å². The number of rotatable bonds is 10. The van der Waals surface area contributed by atoms with Gasteiger partial charge in [0.05, 0.1) is 26.4 Å². The van der Waals surface area contributed by atoms with Crippen LogP contribution in [0.15, 0.2) is 23.2 Å². The lowest BCUT2D eigenvalue weighted by Crippen LogP contribution is -2.33. The van der Waals surface area contributed by atoms with Crippen LogP contribution in [0, 0.1) is 0 Å². The van der Waals surface area contributed by atoms with E-state index in [1.165, 1.54) is 0 Å². The molecule has 0 saturated heterocycles. The summed E-state index contributed by atoms with van der Waals surface area (Å²) in [6, 6.07) is 5.99. The van der Waals surface area contributed by atoms with Crippen LogP contribution in [0.2, 0.25) is 0 Å². The Labute approximate surface area is 132 Å². The molecule has 0 aromatic heterocycles. The van der Waals surface area contributed by atoms with Crippen LogP contribution in [0.3, 0.4) is 0 Å². The molecule has 0 heterocycles. The van der Waals surface area contributed by atoms with Crippen molar-refractivity contribution in [2.45, 2.75) is 20.3 Å². The minimum Gasteiger partial charge on any atom is -0.490 e. The minimum atomic E-state index is 0.438. The van der Waals surface area contributed by atoms with E-state index in [0.29, 0.717) is 38.9 Å². The molecule has 0 aliphatic rings. The highest BCUT2D eigenvalue weighted by Gasteiger charge is 2.06. The molecule has 22 heavy (non-hydrogen) atoms. The van der Waals surface area contributed by atoms with Gasteiger partial charge in [-0.1, -0.05) is 6.07 Å². The number of benzene rings is 1. The summed E-state index contributed by atoms with van der Waals surface area (Å²) in [5, 5.41) is 3.08. The lowest BCUT2D eigenvalue weighted by Gasteiger charge is -2.12. The van der Waals surface area contributed by atoms with E-state index in [-0.39, 0.29) is 0 Å². The standard InChI is InChI=1S/C16H27N3O3/c1-4-21-14-7-6-13(12-15(14)22-5-2)8-9-18-16(17)19-10-11-20-3/h6-7,12H,4-5,8-11H2,1-3H3,(H3,17,18,19). The first-order valence-electron chi connectivity index (χ1n) is 7.62. The van der Waals surface area contributed by atoms with Crippen LogP contribution < -0.4 is 20.5 Å². The van der Waals surface area contributed by atoms with E-state index < -0.39 is 0 Å². The highest BCUT2D eigenvalue weighted by Crippen LogP contribution is 2.28. The van der Waals surface area contributed by atoms with E-state index in [0.717, 1.165) is 23.5 Å². The summed E-state index contributed by atoms with van der Waals surface area (Å²) >= 11 is 0. The summed E-state index contributed by atoms with van der Waals surface area (Å²) < 4.78 is 16.1. The Balaban J connectivity index is 2.51. The van der Waals surface area contributed by atoms with Crippen molar-refractivity contribution in [2.24, 2.45) is 10.7 Å². The Morgan fingerprint density at radius 3 is 2.59 bits per heavy atom. The molecule has 6 heteroatoms. The Bertz CT molecular complexity index is 464. The molecule has 0 spiro atoms. The second kappa shape index (κ2) is 10.7. The van der Waals surface area contributed by atoms with E-state index in [2.05, 4.69) is 10.3 Å². The van der Waals surface area contributed by atoms with Crippen LogP contribution in [0.5, 0.6) is 11.5 Å². The molecule has 1 rings (SSSR count). The summed E-state index contributed by atoms with van der Waals surface area (Å²) in [7, 11) is 1.64. The predicted molar refractivity (Wildman–Crippen MR) is 88.9 cm³/mol. The number of nitrogens with one attached hydrogen (secondary N) is 1. The first-order valence-corrected chi connectivity index (χ1v) is 7.62. The number of hydrogen-bond acceptors (Lipinski definition) is 4. The molecule has 3 N–H and O–H groups in total. The van der Waals surface area contributed by atoms with Crippen LogP contribution >= 0.6 is 0 Å². The first kappa shape index (κ1) is 18.1. The van der Waals surface area contributed by atoms with Gasteiger partial charge >= 0.3 is 0 Å². The smallest absolute Gasteiger partial charge is 0.188 e. The lowest BCUT2D eigenvalue weighted by molar-refractivity contribution is 0.208. The number of hydrogen-bond donors (Lipinski definition) is 2. The van der Waals surface area contributed by atoms with E-state index in [1.807, 2.05) is 32.0 Å². The molecule has 6 nitrogen and oxygen atoms in total. The number of aliphatic imine (C=N–C) groups is 1. The second-order valence-electron chi connectivity index (χ2n) is 4.58. The van der Waals surface area contributed by atoms with E-state index in [4.69, 9.17) is 19.9 Å². The second-order valence-corrected chi connectivity index (χ2v) is 4.58. The minimum absolute atomic E-state index is 0.438. The quantitative estimate of drug-likeness (QED) is 0.390. The third kappa shape index (κ3) is 6.67. The predicted octanol–water partition coefficient (Wildman–Crippen LogP) is 1.58. The van der Waals surface area contributed by atoms with Gasteiger partial charge in [0, 0.05) is 13.7 Å². The van der Waals surface area contributed by atoms with E-state index in [1.54, 1.807) is 7.11 Å². The van der Waals surface area contributed by atoms with Gasteiger partial charge in [-0.2, -0.15) is 0 Å². The molecular weight excluding hydrogens is 282 g/mol. The molecule has 0 unspecified atom stereocenters. The van der Waals surface area contributed by atoms with Crippen molar-refractivity contribution < 1.29 is 14.2 Å². The van der Waals surface area contributed by atoms with E-state index >= 15 is 0 Å². The number of methoxy groups -OCH3 is 1. The summed E-state index contributed by atoms with van der Waals surface area (Å²) in [6.07, 6.45) is 0.826. The van der Waals surface area contributed by atoms with Crippen molar-refractivity contribution in [3.05, 3.63) is 23.8 Å². The fraction of sp³-hybridized carbons (Fsp3) is 0.562. The van der Waals surface area contributed by atoms with Crippen molar-refractivity contribution >= 4 is 5.96 Å². The van der Waals surface area contributed by atoms with Crippen molar-refractivity contribution in [1.82, 2.24) is 5.32 Å². The summed E-state index contributed by atoms with van der Waals surface area (Å²) in [5.41, 5.74) is 6.92. The summed E-state index contributed by atoms with van der Waals surface area (Å²) in [4.78, 5) is 4.14. The Morgan fingerprint density at radius 2 is 1.91 bits per heavy atom. The third-order valence-electron chi connectivity index (χ3n) is 2.91. The molecule has 1 aromatic carbocycles. The lowest BCUT2D eigenvalue weighted by atomic mass is 10.1. The highest BCUT2D eigenvalue weighted by molar-refractivity contribution is 5.77. The Hall–Kier alpha value is -1.95. The zero-order chi connectivity index (χ0) is 16.2. The van der Waals surface area contributed by atoms with Crippen LogP contribution in [0.25, 0.3) is 0 Å². The monoisotopic (exact) mass is 309 g/mol. The zero-order valence-electron chi connectivity index (χ0n) is 13.7. The largest absolute Gasteiger partial charge is 0.490 e. The molecule has 0 fully saturated rings. The highest BCUT2D eigenvalue weighted by atomic mass is 16.5. The maximum Gasteiger partial charge on any atom is 0.188 e. The van der Waals surface area contributed by atoms with Crippen molar-refractivity contribution in [3.8, 4) is 11.5 Å². The first-order chi connectivity index (χ1) is 10.7. The normalized spacial score (nSPS) is 11.3. The van der Waals surface area contributed by atoms with Gasteiger partial charge in [-0.05, 0) is 38.0 Å². The van der Waals surface area contributed by atoms with Crippen LogP contribution in [0.4, 0.5) is 0 Å². The topological polar surface area (TPSA) is 78.1 Å². The molecule has 124 valence electrons. The van der Waals surface area contributed by atoms with Crippen LogP contribution in [-0.4, -0.2) is 46.0 Å². The Morgan fingerprint density at radius 1 is 1.18 bits per heavy atom.